The molecular weight excluding hydrogens is 362 g/mol. The molecule has 0 amide bonds. The smallest absolute Gasteiger partial charge is 0.278 e. The van der Waals surface area contributed by atoms with Gasteiger partial charge in [-0.2, -0.15) is 4.98 Å². The first-order chi connectivity index (χ1) is 13.7. The van der Waals surface area contributed by atoms with Crippen LogP contribution in [0, 0.1) is 6.92 Å². The van der Waals surface area contributed by atoms with Gasteiger partial charge in [0.25, 0.3) is 5.89 Å². The Hall–Kier alpha value is -3.53. The summed E-state index contributed by atoms with van der Waals surface area (Å²) in [4.78, 5) is 8.89. The molecule has 1 aliphatic rings. The molecule has 0 radical (unpaired) electrons. The molecule has 142 valence electrons. The Kier molecular flexibility index (Phi) is 3.72. The fourth-order valence-corrected chi connectivity index (χ4v) is 3.49. The molecule has 0 saturated heterocycles. The van der Waals surface area contributed by atoms with Crippen molar-refractivity contribution in [1.29, 1.82) is 0 Å². The van der Waals surface area contributed by atoms with Crippen LogP contribution in [0.25, 0.3) is 28.7 Å². The van der Waals surface area contributed by atoms with Crippen molar-refractivity contribution in [1.82, 2.24) is 34.5 Å². The van der Waals surface area contributed by atoms with Gasteiger partial charge in [0, 0.05) is 7.11 Å². The van der Waals surface area contributed by atoms with Crippen LogP contribution in [0.4, 0.5) is 0 Å². The number of hydrogen-bond donors (Lipinski definition) is 0. The lowest BCUT2D eigenvalue weighted by molar-refractivity contribution is 0.174. The van der Waals surface area contributed by atoms with Crippen molar-refractivity contribution in [3.05, 3.63) is 41.9 Å². The van der Waals surface area contributed by atoms with E-state index in [1.54, 1.807) is 27.5 Å². The van der Waals surface area contributed by atoms with Crippen molar-refractivity contribution in [2.45, 2.75) is 20.1 Å². The summed E-state index contributed by atoms with van der Waals surface area (Å²) in [5.74, 6) is 3.04. The number of ether oxygens (including phenoxy) is 2. The summed E-state index contributed by atoms with van der Waals surface area (Å²) in [5.41, 5.74) is 3.23. The lowest BCUT2D eigenvalue weighted by Crippen LogP contribution is -2.09. The van der Waals surface area contributed by atoms with E-state index in [0.717, 1.165) is 16.9 Å². The maximum Gasteiger partial charge on any atom is 0.278 e. The first-order valence-corrected chi connectivity index (χ1v) is 8.67. The van der Waals surface area contributed by atoms with Crippen molar-refractivity contribution < 1.29 is 14.0 Å². The third kappa shape index (κ3) is 2.34. The second-order valence-corrected chi connectivity index (χ2v) is 6.37. The standard InChI is InChI=1S/C18H17N7O3/c1-10-20-18(28-23-10)16-12-7-24-14(8-26-2)21-22-17(24)15-11(25(12)9-19-16)5-4-6-13(15)27-3/h4-6,9H,7-8H2,1-3H3. The lowest BCUT2D eigenvalue weighted by Gasteiger charge is -2.12. The second kappa shape index (κ2) is 6.27. The van der Waals surface area contributed by atoms with Crippen LogP contribution < -0.4 is 4.74 Å². The van der Waals surface area contributed by atoms with Crippen LogP contribution in [-0.4, -0.2) is 48.7 Å². The maximum atomic E-state index is 5.62. The normalized spacial score (nSPS) is 12.2. The van der Waals surface area contributed by atoms with Gasteiger partial charge in [-0.15, -0.1) is 10.2 Å². The Morgan fingerprint density at radius 3 is 2.86 bits per heavy atom. The van der Waals surface area contributed by atoms with Crippen LogP contribution in [0.3, 0.4) is 0 Å². The first kappa shape index (κ1) is 16.6. The molecule has 4 heterocycles. The minimum absolute atomic E-state index is 0.334. The maximum absolute atomic E-state index is 5.62. The predicted octanol–water partition coefficient (Wildman–Crippen LogP) is 2.01. The highest BCUT2D eigenvalue weighted by molar-refractivity contribution is 5.76. The number of benzene rings is 1. The van der Waals surface area contributed by atoms with Crippen LogP contribution in [0.15, 0.2) is 29.0 Å². The van der Waals surface area contributed by atoms with Crippen molar-refractivity contribution in [3.63, 3.8) is 0 Å². The molecule has 3 aromatic heterocycles. The number of fused-ring (bicyclic) bond motifs is 5. The number of hydrogen-bond acceptors (Lipinski definition) is 8. The molecule has 0 fully saturated rings. The van der Waals surface area contributed by atoms with Crippen molar-refractivity contribution in [2.24, 2.45) is 0 Å². The van der Waals surface area contributed by atoms with Gasteiger partial charge in [0.2, 0.25) is 0 Å². The highest BCUT2D eigenvalue weighted by Gasteiger charge is 2.29. The molecule has 0 bridgehead atoms. The summed E-state index contributed by atoms with van der Waals surface area (Å²) < 4.78 is 20.3. The van der Waals surface area contributed by atoms with Crippen molar-refractivity contribution in [3.8, 4) is 34.4 Å². The summed E-state index contributed by atoms with van der Waals surface area (Å²) in [7, 11) is 3.27. The van der Waals surface area contributed by atoms with Crippen LogP contribution in [0.1, 0.15) is 17.3 Å². The summed E-state index contributed by atoms with van der Waals surface area (Å²) in [6, 6.07) is 5.82. The molecule has 0 spiro atoms. The van der Waals surface area contributed by atoms with Gasteiger partial charge in [-0.25, -0.2) is 4.98 Å². The van der Waals surface area contributed by atoms with E-state index in [9.17, 15) is 0 Å². The summed E-state index contributed by atoms with van der Waals surface area (Å²) in [5, 5.41) is 12.6. The van der Waals surface area contributed by atoms with Gasteiger partial charge in [0.1, 0.15) is 18.7 Å². The lowest BCUT2D eigenvalue weighted by atomic mass is 10.1. The van der Waals surface area contributed by atoms with E-state index in [2.05, 4.69) is 25.3 Å². The number of methoxy groups -OCH3 is 2. The topological polar surface area (TPSA) is 106 Å². The summed E-state index contributed by atoms with van der Waals surface area (Å²) in [6.07, 6.45) is 1.75. The number of aryl methyl sites for hydroxylation is 1. The second-order valence-electron chi connectivity index (χ2n) is 6.37. The minimum atomic E-state index is 0.334. The Labute approximate surface area is 159 Å². The summed E-state index contributed by atoms with van der Waals surface area (Å²) in [6.45, 7) is 2.58. The van der Waals surface area contributed by atoms with Gasteiger partial charge < -0.3 is 18.6 Å². The molecule has 0 saturated carbocycles. The molecule has 10 heteroatoms. The molecule has 28 heavy (non-hydrogen) atoms. The quantitative estimate of drug-likeness (QED) is 0.467. The zero-order valence-electron chi connectivity index (χ0n) is 15.6. The fourth-order valence-electron chi connectivity index (χ4n) is 3.49. The van der Waals surface area contributed by atoms with Crippen molar-refractivity contribution >= 4 is 0 Å². The molecule has 10 nitrogen and oxygen atoms in total. The van der Waals surface area contributed by atoms with Crippen LogP contribution in [-0.2, 0) is 17.9 Å². The van der Waals surface area contributed by atoms with E-state index < -0.39 is 0 Å². The highest BCUT2D eigenvalue weighted by atomic mass is 16.5. The van der Waals surface area contributed by atoms with E-state index in [1.165, 1.54) is 0 Å². The highest BCUT2D eigenvalue weighted by Crippen LogP contribution is 2.39. The van der Waals surface area contributed by atoms with E-state index >= 15 is 0 Å². The average Bonchev–Trinajstić information content (AvgIpc) is 3.39. The Morgan fingerprint density at radius 1 is 1.21 bits per heavy atom. The first-order valence-electron chi connectivity index (χ1n) is 8.67. The van der Waals surface area contributed by atoms with Gasteiger partial charge in [-0.1, -0.05) is 11.2 Å². The zero-order valence-corrected chi connectivity index (χ0v) is 15.6. The summed E-state index contributed by atoms with van der Waals surface area (Å²) >= 11 is 0. The zero-order chi connectivity index (χ0) is 19.3. The Morgan fingerprint density at radius 2 is 2.11 bits per heavy atom. The number of imidazole rings is 1. The van der Waals surface area contributed by atoms with E-state index in [0.29, 0.717) is 48.0 Å². The monoisotopic (exact) mass is 379 g/mol. The molecule has 0 unspecified atom stereocenters. The molecule has 0 atom stereocenters. The van der Waals surface area contributed by atoms with Crippen LogP contribution >= 0.6 is 0 Å². The van der Waals surface area contributed by atoms with Gasteiger partial charge >= 0.3 is 0 Å². The third-order valence-electron chi connectivity index (χ3n) is 4.71. The average molecular weight is 379 g/mol. The minimum Gasteiger partial charge on any atom is -0.496 e. The van der Waals surface area contributed by atoms with Gasteiger partial charge in [-0.05, 0) is 19.1 Å². The molecule has 5 rings (SSSR count). The predicted molar refractivity (Wildman–Crippen MR) is 97.0 cm³/mol. The van der Waals surface area contributed by atoms with Crippen molar-refractivity contribution in [2.75, 3.05) is 14.2 Å². The van der Waals surface area contributed by atoms with E-state index in [-0.39, 0.29) is 0 Å². The van der Waals surface area contributed by atoms with E-state index in [4.69, 9.17) is 14.0 Å². The van der Waals surface area contributed by atoms with Crippen LogP contribution in [0.5, 0.6) is 5.75 Å². The number of aromatic nitrogens is 7. The fraction of sp³-hybridized carbons (Fsp3) is 0.278. The van der Waals surface area contributed by atoms with Gasteiger partial charge in [0.05, 0.1) is 30.6 Å². The molecule has 0 N–H and O–H groups in total. The molecule has 0 aliphatic carbocycles. The van der Waals surface area contributed by atoms with Crippen LogP contribution in [0.2, 0.25) is 0 Å². The largest absolute Gasteiger partial charge is 0.496 e. The number of nitrogens with zero attached hydrogens (tertiary/aromatic N) is 7. The van der Waals surface area contributed by atoms with E-state index in [1.807, 2.05) is 27.3 Å². The Balaban J connectivity index is 1.81. The molecular formula is C18H17N7O3. The van der Waals surface area contributed by atoms with Gasteiger partial charge in [0.15, 0.2) is 23.2 Å². The number of rotatable bonds is 4. The molecule has 1 aliphatic heterocycles. The third-order valence-corrected chi connectivity index (χ3v) is 4.71. The Bertz CT molecular complexity index is 1170. The van der Waals surface area contributed by atoms with Gasteiger partial charge in [-0.3, -0.25) is 4.57 Å². The molecule has 1 aromatic carbocycles. The SMILES string of the molecule is COCc1nnc2n1Cc1c(-c3nc(C)no3)ncn1-c1cccc(OC)c1-2. The molecule has 4 aromatic rings.